The van der Waals surface area contributed by atoms with Gasteiger partial charge in [0, 0.05) is 6.54 Å². The number of carbonyl (C=O) groups excluding carboxylic acids is 1. The molecule has 3 heterocycles. The largest absolute Gasteiger partial charge is 0.340 e. The molecule has 1 saturated heterocycles. The van der Waals surface area contributed by atoms with Crippen molar-refractivity contribution in [2.24, 2.45) is 5.92 Å². The summed E-state index contributed by atoms with van der Waals surface area (Å²) in [6.45, 7) is 0.322. The molecular formula is C11H14N6O3S. The van der Waals surface area contributed by atoms with Crippen LogP contribution in [0.3, 0.4) is 0 Å². The van der Waals surface area contributed by atoms with Crippen LogP contribution < -0.4 is 10.6 Å². The Morgan fingerprint density at radius 1 is 1.38 bits per heavy atom. The van der Waals surface area contributed by atoms with E-state index >= 15 is 0 Å². The minimum absolute atomic E-state index is 0.0293. The number of rotatable bonds is 3. The zero-order valence-electron chi connectivity index (χ0n) is 11.0. The quantitative estimate of drug-likeness (QED) is 0.726. The van der Waals surface area contributed by atoms with Crippen LogP contribution in [0.5, 0.6) is 0 Å². The standard InChI is InChI=1S/C11H14N6O3S/c18-11(12-3-7-1-2-21(19,20)4-7)17-10-8-9(14-5-13-8)15-6-16-10/h5-7H,1-4H2,(H3,12,13,14,15,16,17,18)/t7-/m1/s1. The van der Waals surface area contributed by atoms with E-state index in [4.69, 9.17) is 0 Å². The van der Waals surface area contributed by atoms with E-state index in [1.807, 2.05) is 0 Å². The molecule has 1 atom stereocenters. The predicted molar refractivity (Wildman–Crippen MR) is 75.5 cm³/mol. The zero-order valence-corrected chi connectivity index (χ0v) is 11.9. The number of anilines is 1. The Morgan fingerprint density at radius 2 is 2.24 bits per heavy atom. The van der Waals surface area contributed by atoms with Gasteiger partial charge in [0.05, 0.1) is 17.8 Å². The summed E-state index contributed by atoms with van der Waals surface area (Å²) in [5.74, 6) is 0.625. The molecule has 2 aromatic heterocycles. The van der Waals surface area contributed by atoms with Gasteiger partial charge in [0.2, 0.25) is 0 Å². The first kappa shape index (κ1) is 13.7. The fourth-order valence-corrected chi connectivity index (χ4v) is 4.14. The van der Waals surface area contributed by atoms with Crippen LogP contribution in [0.2, 0.25) is 0 Å². The number of nitrogens with one attached hydrogen (secondary N) is 3. The predicted octanol–water partition coefficient (Wildman–Crippen LogP) is -0.0909. The molecule has 10 heteroatoms. The van der Waals surface area contributed by atoms with Crippen molar-refractivity contribution >= 4 is 32.9 Å². The van der Waals surface area contributed by atoms with Crippen molar-refractivity contribution < 1.29 is 13.2 Å². The first-order valence-electron chi connectivity index (χ1n) is 6.43. The first-order chi connectivity index (χ1) is 10.0. The minimum atomic E-state index is -2.93. The van der Waals surface area contributed by atoms with Gasteiger partial charge in [0.1, 0.15) is 11.8 Å². The van der Waals surface area contributed by atoms with E-state index < -0.39 is 15.9 Å². The number of hydrogen-bond donors (Lipinski definition) is 3. The molecule has 1 fully saturated rings. The molecule has 0 spiro atoms. The summed E-state index contributed by atoms with van der Waals surface area (Å²) in [5, 5.41) is 5.25. The molecule has 9 nitrogen and oxygen atoms in total. The Kier molecular flexibility index (Phi) is 3.45. The topological polar surface area (TPSA) is 130 Å². The molecule has 2 aromatic rings. The van der Waals surface area contributed by atoms with E-state index in [9.17, 15) is 13.2 Å². The molecule has 21 heavy (non-hydrogen) atoms. The van der Waals surface area contributed by atoms with Crippen LogP contribution in [0.4, 0.5) is 10.6 Å². The Hall–Kier alpha value is -2.23. The van der Waals surface area contributed by atoms with Gasteiger partial charge in [-0.1, -0.05) is 0 Å². The van der Waals surface area contributed by atoms with Gasteiger partial charge < -0.3 is 10.3 Å². The minimum Gasteiger partial charge on any atom is -0.340 e. The van der Waals surface area contributed by atoms with Crippen molar-refractivity contribution in [2.45, 2.75) is 6.42 Å². The molecule has 0 aromatic carbocycles. The van der Waals surface area contributed by atoms with Gasteiger partial charge in [-0.15, -0.1) is 0 Å². The summed E-state index contributed by atoms with van der Waals surface area (Å²) in [5.41, 5.74) is 0.998. The highest BCUT2D eigenvalue weighted by Gasteiger charge is 2.27. The number of aromatic nitrogens is 4. The van der Waals surface area contributed by atoms with E-state index in [0.29, 0.717) is 29.9 Å². The summed E-state index contributed by atoms with van der Waals surface area (Å²) < 4.78 is 22.7. The third-order valence-electron chi connectivity index (χ3n) is 3.33. The summed E-state index contributed by atoms with van der Waals surface area (Å²) in [4.78, 5) is 26.6. The number of sulfone groups is 1. The maximum Gasteiger partial charge on any atom is 0.320 e. The number of carbonyl (C=O) groups is 1. The van der Waals surface area contributed by atoms with Crippen LogP contribution in [-0.2, 0) is 9.84 Å². The van der Waals surface area contributed by atoms with Gasteiger partial charge in [-0.2, -0.15) is 0 Å². The number of amides is 2. The lowest BCUT2D eigenvalue weighted by Gasteiger charge is -2.10. The summed E-state index contributed by atoms with van der Waals surface area (Å²) in [7, 11) is -2.93. The zero-order chi connectivity index (χ0) is 14.9. The highest BCUT2D eigenvalue weighted by atomic mass is 32.2. The summed E-state index contributed by atoms with van der Waals surface area (Å²) >= 11 is 0. The van der Waals surface area contributed by atoms with Gasteiger partial charge in [0.25, 0.3) is 0 Å². The molecule has 0 radical (unpaired) electrons. The van der Waals surface area contributed by atoms with E-state index in [1.54, 1.807) is 0 Å². The van der Waals surface area contributed by atoms with Crippen molar-refractivity contribution in [1.82, 2.24) is 25.3 Å². The fourth-order valence-electron chi connectivity index (χ4n) is 2.28. The Labute approximate surface area is 120 Å². The molecule has 0 bridgehead atoms. The van der Waals surface area contributed by atoms with Gasteiger partial charge in [0.15, 0.2) is 21.3 Å². The highest BCUT2D eigenvalue weighted by Crippen LogP contribution is 2.17. The first-order valence-corrected chi connectivity index (χ1v) is 8.25. The smallest absolute Gasteiger partial charge is 0.320 e. The number of nitrogens with zero attached hydrogens (tertiary/aromatic N) is 3. The van der Waals surface area contributed by atoms with Crippen molar-refractivity contribution in [3.63, 3.8) is 0 Å². The second kappa shape index (κ2) is 5.28. The van der Waals surface area contributed by atoms with E-state index in [2.05, 4.69) is 30.6 Å². The number of fused-ring (bicyclic) bond motifs is 1. The monoisotopic (exact) mass is 310 g/mol. The lowest BCUT2D eigenvalue weighted by Crippen LogP contribution is -2.33. The molecule has 1 aliphatic rings. The maximum absolute atomic E-state index is 11.8. The second-order valence-corrected chi connectivity index (χ2v) is 7.16. The molecule has 0 unspecified atom stereocenters. The normalized spacial score (nSPS) is 20.5. The molecule has 2 amide bonds. The van der Waals surface area contributed by atoms with Gasteiger partial charge in [-0.25, -0.2) is 28.2 Å². The molecule has 0 aliphatic carbocycles. The van der Waals surface area contributed by atoms with E-state index in [0.717, 1.165) is 0 Å². The van der Waals surface area contributed by atoms with Gasteiger partial charge >= 0.3 is 6.03 Å². The Bertz CT molecular complexity index is 771. The molecular weight excluding hydrogens is 296 g/mol. The molecule has 3 rings (SSSR count). The second-order valence-electron chi connectivity index (χ2n) is 4.93. The lowest BCUT2D eigenvalue weighted by atomic mass is 10.1. The van der Waals surface area contributed by atoms with Crippen LogP contribution in [0.15, 0.2) is 12.7 Å². The maximum atomic E-state index is 11.8. The fraction of sp³-hybridized carbons (Fsp3) is 0.455. The third kappa shape index (κ3) is 3.10. The lowest BCUT2D eigenvalue weighted by molar-refractivity contribution is 0.250. The molecule has 3 N–H and O–H groups in total. The van der Waals surface area contributed by atoms with Crippen molar-refractivity contribution in [3.05, 3.63) is 12.7 Å². The SMILES string of the molecule is O=C(NC[C@H]1CCS(=O)(=O)C1)Nc1ncnc2nc[nH]c12. The Balaban J connectivity index is 1.58. The molecule has 112 valence electrons. The van der Waals surface area contributed by atoms with Crippen molar-refractivity contribution in [2.75, 3.05) is 23.4 Å². The Morgan fingerprint density at radius 3 is 3.00 bits per heavy atom. The van der Waals surface area contributed by atoms with Crippen LogP contribution in [-0.4, -0.2) is 52.4 Å². The average Bonchev–Trinajstić information content (AvgIpc) is 3.03. The van der Waals surface area contributed by atoms with Crippen LogP contribution >= 0.6 is 0 Å². The summed E-state index contributed by atoms with van der Waals surface area (Å²) in [6.07, 6.45) is 3.36. The summed E-state index contributed by atoms with van der Waals surface area (Å²) in [6, 6.07) is -0.436. The number of imidazole rings is 1. The van der Waals surface area contributed by atoms with Gasteiger partial charge in [-0.3, -0.25) is 5.32 Å². The van der Waals surface area contributed by atoms with Crippen molar-refractivity contribution in [1.29, 1.82) is 0 Å². The average molecular weight is 310 g/mol. The molecule has 1 aliphatic heterocycles. The molecule has 0 saturated carbocycles. The highest BCUT2D eigenvalue weighted by molar-refractivity contribution is 7.91. The number of hydrogen-bond acceptors (Lipinski definition) is 6. The van der Waals surface area contributed by atoms with Crippen LogP contribution in [0.1, 0.15) is 6.42 Å². The van der Waals surface area contributed by atoms with Crippen molar-refractivity contribution in [3.8, 4) is 0 Å². The third-order valence-corrected chi connectivity index (χ3v) is 5.17. The van der Waals surface area contributed by atoms with Gasteiger partial charge in [-0.05, 0) is 12.3 Å². The van der Waals surface area contributed by atoms with E-state index in [-0.39, 0.29) is 17.4 Å². The number of H-pyrrole nitrogens is 1. The number of urea groups is 1. The number of aromatic amines is 1. The van der Waals surface area contributed by atoms with Crippen LogP contribution in [0, 0.1) is 5.92 Å². The van der Waals surface area contributed by atoms with E-state index in [1.165, 1.54) is 12.7 Å². The van der Waals surface area contributed by atoms with Crippen LogP contribution in [0.25, 0.3) is 11.2 Å².